The summed E-state index contributed by atoms with van der Waals surface area (Å²) in [6.45, 7) is 8.48. The molecular weight excluding hydrogens is 294 g/mol. The van der Waals surface area contributed by atoms with Gasteiger partial charge in [-0.25, -0.2) is 8.42 Å². The van der Waals surface area contributed by atoms with E-state index in [9.17, 15) is 13.2 Å². The molecule has 0 unspecified atom stereocenters. The number of hydrogen-bond acceptors (Lipinski definition) is 4. The number of hydrogen-bond donors (Lipinski definition) is 1. The minimum Gasteiger partial charge on any atom is -0.481 e. The highest BCUT2D eigenvalue weighted by Gasteiger charge is 2.37. The minimum atomic E-state index is -3.81. The maximum absolute atomic E-state index is 12.9. The van der Waals surface area contributed by atoms with Crippen LogP contribution in [0.5, 0.6) is 0 Å². The van der Waals surface area contributed by atoms with Crippen LogP contribution in [0.15, 0.2) is 4.90 Å². The lowest BCUT2D eigenvalue weighted by molar-refractivity contribution is -0.137. The molecule has 0 aliphatic rings. The van der Waals surface area contributed by atoms with E-state index in [2.05, 4.69) is 5.10 Å². The van der Waals surface area contributed by atoms with Crippen LogP contribution in [0.4, 0.5) is 0 Å². The molecule has 0 radical (unpaired) electrons. The fourth-order valence-electron chi connectivity index (χ4n) is 2.25. The smallest absolute Gasteiger partial charge is 0.304 e. The van der Waals surface area contributed by atoms with Crippen LogP contribution < -0.4 is 0 Å². The third-order valence-electron chi connectivity index (χ3n) is 3.27. The van der Waals surface area contributed by atoms with Crippen molar-refractivity contribution in [1.82, 2.24) is 14.1 Å². The Balaban J connectivity index is 3.37. The van der Waals surface area contributed by atoms with Gasteiger partial charge in [-0.3, -0.25) is 9.48 Å². The van der Waals surface area contributed by atoms with Crippen molar-refractivity contribution in [3.8, 4) is 0 Å². The summed E-state index contributed by atoms with van der Waals surface area (Å²) < 4.78 is 28.6. The van der Waals surface area contributed by atoms with Gasteiger partial charge < -0.3 is 5.11 Å². The molecular formula is C13H23N3O4S. The van der Waals surface area contributed by atoms with Crippen LogP contribution in [0.1, 0.15) is 38.6 Å². The Bertz CT molecular complexity index is 641. The van der Waals surface area contributed by atoms with Crippen LogP contribution in [-0.4, -0.2) is 45.7 Å². The van der Waals surface area contributed by atoms with Crippen LogP contribution in [-0.2, 0) is 21.9 Å². The number of sulfonamides is 1. The third kappa shape index (κ3) is 3.62. The molecule has 0 amide bonds. The number of carboxylic acids is 1. The Morgan fingerprint density at radius 1 is 1.33 bits per heavy atom. The van der Waals surface area contributed by atoms with Crippen molar-refractivity contribution in [3.63, 3.8) is 0 Å². The summed E-state index contributed by atoms with van der Waals surface area (Å²) in [4.78, 5) is 11.0. The third-order valence-corrected chi connectivity index (χ3v) is 5.68. The number of carbonyl (C=O) groups is 1. The predicted octanol–water partition coefficient (Wildman–Crippen LogP) is 1.30. The van der Waals surface area contributed by atoms with Crippen molar-refractivity contribution >= 4 is 16.0 Å². The first-order valence-corrected chi connectivity index (χ1v) is 8.08. The molecule has 0 saturated heterocycles. The van der Waals surface area contributed by atoms with E-state index in [0.29, 0.717) is 11.4 Å². The highest BCUT2D eigenvalue weighted by molar-refractivity contribution is 7.89. The second kappa shape index (κ2) is 5.76. The summed E-state index contributed by atoms with van der Waals surface area (Å²) in [7, 11) is -2.13. The molecule has 0 fully saturated rings. The molecule has 1 rings (SSSR count). The van der Waals surface area contributed by atoms with Crippen LogP contribution in [0.25, 0.3) is 0 Å². The monoisotopic (exact) mass is 317 g/mol. The van der Waals surface area contributed by atoms with E-state index >= 15 is 0 Å². The zero-order valence-electron chi connectivity index (χ0n) is 13.3. The number of aromatic nitrogens is 2. The van der Waals surface area contributed by atoms with Gasteiger partial charge in [-0.1, -0.05) is 0 Å². The van der Waals surface area contributed by atoms with E-state index in [1.165, 1.54) is 8.99 Å². The minimum absolute atomic E-state index is 0.0745. The molecule has 21 heavy (non-hydrogen) atoms. The Kier molecular flexibility index (Phi) is 4.84. The standard InChI is InChI=1S/C13H23N3O4S/c1-9-12(10(2)15(6)14-9)21(19,20)16(13(3,4)5)8-7-11(17)18/h7-8H2,1-6H3,(H,17,18). The lowest BCUT2D eigenvalue weighted by Crippen LogP contribution is -2.46. The normalized spacial score (nSPS) is 12.9. The second-order valence-electron chi connectivity index (χ2n) is 6.02. The number of aryl methyl sites for hydroxylation is 2. The number of carboxylic acid groups (broad SMARTS) is 1. The molecule has 1 aromatic heterocycles. The maximum Gasteiger partial charge on any atom is 0.304 e. The average Bonchev–Trinajstić information content (AvgIpc) is 2.50. The first kappa shape index (κ1) is 17.6. The van der Waals surface area contributed by atoms with Gasteiger partial charge >= 0.3 is 5.97 Å². The molecule has 0 atom stereocenters. The van der Waals surface area contributed by atoms with Gasteiger partial charge in [-0.05, 0) is 34.6 Å². The zero-order valence-corrected chi connectivity index (χ0v) is 14.2. The van der Waals surface area contributed by atoms with E-state index < -0.39 is 21.5 Å². The van der Waals surface area contributed by atoms with Crippen LogP contribution in [0, 0.1) is 13.8 Å². The number of nitrogens with zero attached hydrogens (tertiary/aromatic N) is 3. The van der Waals surface area contributed by atoms with E-state index in [-0.39, 0.29) is 17.9 Å². The predicted molar refractivity (Wildman–Crippen MR) is 78.6 cm³/mol. The quantitative estimate of drug-likeness (QED) is 0.883. The lowest BCUT2D eigenvalue weighted by Gasteiger charge is -2.34. The van der Waals surface area contributed by atoms with Crippen molar-refractivity contribution in [1.29, 1.82) is 0 Å². The molecule has 0 aromatic carbocycles. The molecule has 1 N–H and O–H groups in total. The fourth-order valence-corrected chi connectivity index (χ4v) is 4.44. The topological polar surface area (TPSA) is 92.5 Å². The van der Waals surface area contributed by atoms with Crippen molar-refractivity contribution in [3.05, 3.63) is 11.4 Å². The van der Waals surface area contributed by atoms with Gasteiger partial charge in [-0.2, -0.15) is 9.40 Å². The van der Waals surface area contributed by atoms with Crippen LogP contribution in [0.3, 0.4) is 0 Å². The molecule has 0 aliphatic heterocycles. The first-order chi connectivity index (χ1) is 9.39. The first-order valence-electron chi connectivity index (χ1n) is 6.64. The van der Waals surface area contributed by atoms with Gasteiger partial charge in [0.1, 0.15) is 4.90 Å². The molecule has 0 bridgehead atoms. The summed E-state index contributed by atoms with van der Waals surface area (Å²) in [5, 5.41) is 13.0. The summed E-state index contributed by atoms with van der Waals surface area (Å²) in [6.07, 6.45) is -0.241. The highest BCUT2D eigenvalue weighted by atomic mass is 32.2. The van der Waals surface area contributed by atoms with E-state index in [0.717, 1.165) is 0 Å². The lowest BCUT2D eigenvalue weighted by atomic mass is 10.1. The maximum atomic E-state index is 12.9. The van der Waals surface area contributed by atoms with Gasteiger partial charge in [0.2, 0.25) is 10.0 Å². The Morgan fingerprint density at radius 3 is 2.19 bits per heavy atom. The summed E-state index contributed by atoms with van der Waals surface area (Å²) >= 11 is 0. The van der Waals surface area contributed by atoms with Crippen molar-refractivity contribution in [2.75, 3.05) is 6.54 Å². The Hall–Kier alpha value is -1.41. The van der Waals surface area contributed by atoms with Gasteiger partial charge in [0.05, 0.1) is 17.8 Å². The summed E-state index contributed by atoms with van der Waals surface area (Å²) in [5.74, 6) is -1.03. The Morgan fingerprint density at radius 2 is 1.86 bits per heavy atom. The number of rotatable bonds is 5. The van der Waals surface area contributed by atoms with Gasteiger partial charge in [-0.15, -0.1) is 0 Å². The molecule has 1 heterocycles. The van der Waals surface area contributed by atoms with Crippen molar-refractivity contribution in [2.24, 2.45) is 7.05 Å². The van der Waals surface area contributed by atoms with E-state index in [1.807, 2.05) is 0 Å². The van der Waals surface area contributed by atoms with Gasteiger partial charge in [0.15, 0.2) is 0 Å². The SMILES string of the molecule is Cc1nn(C)c(C)c1S(=O)(=O)N(CCC(=O)O)C(C)(C)C. The molecule has 7 nitrogen and oxygen atoms in total. The molecule has 0 spiro atoms. The average molecular weight is 317 g/mol. The fraction of sp³-hybridized carbons (Fsp3) is 0.692. The molecule has 0 aliphatic carbocycles. The summed E-state index contributed by atoms with van der Waals surface area (Å²) in [6, 6.07) is 0. The van der Waals surface area contributed by atoms with Crippen molar-refractivity contribution in [2.45, 2.75) is 51.5 Å². The van der Waals surface area contributed by atoms with Gasteiger partial charge in [0, 0.05) is 19.1 Å². The van der Waals surface area contributed by atoms with E-state index in [4.69, 9.17) is 5.11 Å². The second-order valence-corrected chi connectivity index (χ2v) is 7.81. The largest absolute Gasteiger partial charge is 0.481 e. The molecule has 0 saturated carbocycles. The van der Waals surface area contributed by atoms with Crippen molar-refractivity contribution < 1.29 is 18.3 Å². The Labute approximate surface area is 125 Å². The summed E-state index contributed by atoms with van der Waals surface area (Å²) in [5.41, 5.74) is 0.236. The van der Waals surface area contributed by atoms with Crippen LogP contribution >= 0.6 is 0 Å². The van der Waals surface area contributed by atoms with E-state index in [1.54, 1.807) is 41.7 Å². The molecule has 120 valence electrons. The van der Waals surface area contributed by atoms with Gasteiger partial charge in [0.25, 0.3) is 0 Å². The number of aliphatic carboxylic acids is 1. The molecule has 1 aromatic rings. The van der Waals surface area contributed by atoms with Crippen LogP contribution in [0.2, 0.25) is 0 Å². The highest BCUT2D eigenvalue weighted by Crippen LogP contribution is 2.28. The zero-order chi connectivity index (χ0) is 16.6. The molecule has 8 heteroatoms.